The highest BCUT2D eigenvalue weighted by molar-refractivity contribution is 7.99. The highest BCUT2D eigenvalue weighted by Crippen LogP contribution is 2.18. The molecule has 1 fully saturated rings. The zero-order valence-electron chi connectivity index (χ0n) is 11.4. The Morgan fingerprint density at radius 1 is 1.32 bits per heavy atom. The summed E-state index contributed by atoms with van der Waals surface area (Å²) in [5.41, 5.74) is 2.26. The third-order valence-corrected chi connectivity index (χ3v) is 4.53. The molecule has 0 aliphatic carbocycles. The van der Waals surface area contributed by atoms with Gasteiger partial charge in [-0.3, -0.25) is 4.79 Å². The van der Waals surface area contributed by atoms with Gasteiger partial charge >= 0.3 is 5.97 Å². The van der Waals surface area contributed by atoms with Gasteiger partial charge in [0.2, 0.25) is 0 Å². The first-order chi connectivity index (χ1) is 9.29. The lowest BCUT2D eigenvalue weighted by Crippen LogP contribution is -2.32. The number of carbonyl (C=O) groups is 1. The lowest BCUT2D eigenvalue weighted by Gasteiger charge is -2.23. The predicted octanol–water partition coefficient (Wildman–Crippen LogP) is 2.39. The number of hydrogen-bond acceptors (Lipinski definition) is 4. The first-order valence-electron chi connectivity index (χ1n) is 6.74. The minimum absolute atomic E-state index is 0.179. The highest BCUT2D eigenvalue weighted by atomic mass is 32.2. The fourth-order valence-electron chi connectivity index (χ4n) is 2.29. The maximum Gasteiger partial charge on any atom is 0.309 e. The van der Waals surface area contributed by atoms with Crippen molar-refractivity contribution in [3.63, 3.8) is 0 Å². The SMILES string of the molecule is COC(=O)Cc1ccccc1CNC1CCSCC1. The molecule has 2 rings (SSSR count). The van der Waals surface area contributed by atoms with E-state index in [0.717, 1.165) is 12.1 Å². The second-order valence-corrected chi connectivity index (χ2v) is 6.01. The zero-order valence-corrected chi connectivity index (χ0v) is 12.2. The summed E-state index contributed by atoms with van der Waals surface area (Å²) in [5, 5.41) is 3.60. The second-order valence-electron chi connectivity index (χ2n) is 4.79. The molecule has 104 valence electrons. The lowest BCUT2D eigenvalue weighted by atomic mass is 10.0. The van der Waals surface area contributed by atoms with Gasteiger partial charge in [-0.2, -0.15) is 11.8 Å². The molecule has 0 atom stereocenters. The number of hydrogen-bond donors (Lipinski definition) is 1. The molecule has 19 heavy (non-hydrogen) atoms. The van der Waals surface area contributed by atoms with Crippen LogP contribution >= 0.6 is 11.8 Å². The molecule has 3 nitrogen and oxygen atoms in total. The molecule has 1 N–H and O–H groups in total. The summed E-state index contributed by atoms with van der Waals surface area (Å²) >= 11 is 2.03. The van der Waals surface area contributed by atoms with Crippen LogP contribution in [0.5, 0.6) is 0 Å². The van der Waals surface area contributed by atoms with Crippen molar-refractivity contribution in [2.24, 2.45) is 0 Å². The van der Waals surface area contributed by atoms with Gasteiger partial charge in [0.25, 0.3) is 0 Å². The van der Waals surface area contributed by atoms with Crippen molar-refractivity contribution in [1.82, 2.24) is 5.32 Å². The highest BCUT2D eigenvalue weighted by Gasteiger charge is 2.14. The molecule has 0 bridgehead atoms. The Hall–Kier alpha value is -1.00. The van der Waals surface area contributed by atoms with Gasteiger partial charge in [-0.25, -0.2) is 0 Å². The number of benzene rings is 1. The number of rotatable bonds is 5. The third kappa shape index (κ3) is 4.55. The molecule has 0 radical (unpaired) electrons. The van der Waals surface area contributed by atoms with Crippen LogP contribution < -0.4 is 5.32 Å². The molecular weight excluding hydrogens is 258 g/mol. The van der Waals surface area contributed by atoms with Crippen molar-refractivity contribution in [3.05, 3.63) is 35.4 Å². The molecule has 1 aromatic carbocycles. The van der Waals surface area contributed by atoms with Crippen LogP contribution in [-0.2, 0) is 22.5 Å². The van der Waals surface area contributed by atoms with Gasteiger partial charge in [0.05, 0.1) is 13.5 Å². The van der Waals surface area contributed by atoms with E-state index in [4.69, 9.17) is 4.74 Å². The van der Waals surface area contributed by atoms with Crippen LogP contribution in [0, 0.1) is 0 Å². The topological polar surface area (TPSA) is 38.3 Å². The van der Waals surface area contributed by atoms with Crippen LogP contribution in [0.3, 0.4) is 0 Å². The molecule has 4 heteroatoms. The molecule has 0 spiro atoms. The van der Waals surface area contributed by atoms with E-state index in [0.29, 0.717) is 12.5 Å². The Bertz CT molecular complexity index is 416. The molecule has 1 saturated heterocycles. The number of thioether (sulfide) groups is 1. The Balaban J connectivity index is 1.93. The van der Waals surface area contributed by atoms with Crippen molar-refractivity contribution in [3.8, 4) is 0 Å². The molecule has 0 amide bonds. The van der Waals surface area contributed by atoms with Crippen molar-refractivity contribution in [1.29, 1.82) is 0 Å². The van der Waals surface area contributed by atoms with E-state index >= 15 is 0 Å². The zero-order chi connectivity index (χ0) is 13.5. The third-order valence-electron chi connectivity index (χ3n) is 3.48. The van der Waals surface area contributed by atoms with Crippen molar-refractivity contribution in [2.45, 2.75) is 31.8 Å². The van der Waals surface area contributed by atoms with Crippen molar-refractivity contribution < 1.29 is 9.53 Å². The first kappa shape index (κ1) is 14.4. The predicted molar refractivity (Wildman–Crippen MR) is 79.3 cm³/mol. The van der Waals surface area contributed by atoms with Crippen LogP contribution in [0.4, 0.5) is 0 Å². The monoisotopic (exact) mass is 279 g/mol. The number of methoxy groups -OCH3 is 1. The van der Waals surface area contributed by atoms with E-state index in [1.54, 1.807) is 0 Å². The summed E-state index contributed by atoms with van der Waals surface area (Å²) in [7, 11) is 1.43. The van der Waals surface area contributed by atoms with Gasteiger partial charge < -0.3 is 10.1 Å². The molecule has 0 aromatic heterocycles. The largest absolute Gasteiger partial charge is 0.469 e. The van der Waals surface area contributed by atoms with E-state index in [9.17, 15) is 4.79 Å². The van der Waals surface area contributed by atoms with Crippen molar-refractivity contribution >= 4 is 17.7 Å². The number of ether oxygens (including phenoxy) is 1. The molecular formula is C15H21NO2S. The Morgan fingerprint density at radius 3 is 2.68 bits per heavy atom. The minimum atomic E-state index is -0.179. The minimum Gasteiger partial charge on any atom is -0.469 e. The summed E-state index contributed by atoms with van der Waals surface area (Å²) in [6.07, 6.45) is 2.84. The van der Waals surface area contributed by atoms with Gasteiger partial charge in [-0.05, 0) is 35.5 Å². The maximum atomic E-state index is 11.4. The summed E-state index contributed by atoms with van der Waals surface area (Å²) in [4.78, 5) is 11.4. The van der Waals surface area contributed by atoms with Crippen molar-refractivity contribution in [2.75, 3.05) is 18.6 Å². The summed E-state index contributed by atoms with van der Waals surface area (Å²) in [6, 6.07) is 8.70. The molecule has 1 heterocycles. The summed E-state index contributed by atoms with van der Waals surface area (Å²) in [6.45, 7) is 0.836. The second kappa shape index (κ2) is 7.56. The Morgan fingerprint density at radius 2 is 2.00 bits per heavy atom. The summed E-state index contributed by atoms with van der Waals surface area (Å²) < 4.78 is 4.74. The van der Waals surface area contributed by atoms with Gasteiger partial charge in [0.1, 0.15) is 0 Å². The Labute approximate surface area is 119 Å². The van der Waals surface area contributed by atoms with Crippen LogP contribution in [-0.4, -0.2) is 30.6 Å². The fraction of sp³-hybridized carbons (Fsp3) is 0.533. The van der Waals surface area contributed by atoms with Crippen LogP contribution in [0.15, 0.2) is 24.3 Å². The van der Waals surface area contributed by atoms with E-state index < -0.39 is 0 Å². The van der Waals surface area contributed by atoms with Gasteiger partial charge in [0, 0.05) is 12.6 Å². The fourth-order valence-corrected chi connectivity index (χ4v) is 3.39. The van der Waals surface area contributed by atoms with Crippen LogP contribution in [0.2, 0.25) is 0 Å². The van der Waals surface area contributed by atoms with E-state index in [1.165, 1.54) is 37.0 Å². The molecule has 1 aliphatic heterocycles. The number of carbonyl (C=O) groups excluding carboxylic acids is 1. The molecule has 0 saturated carbocycles. The van der Waals surface area contributed by atoms with E-state index in [-0.39, 0.29) is 5.97 Å². The van der Waals surface area contributed by atoms with Crippen LogP contribution in [0.1, 0.15) is 24.0 Å². The maximum absolute atomic E-state index is 11.4. The van der Waals surface area contributed by atoms with Gasteiger partial charge in [-0.15, -0.1) is 0 Å². The lowest BCUT2D eigenvalue weighted by molar-refractivity contribution is -0.139. The van der Waals surface area contributed by atoms with E-state index in [1.807, 2.05) is 30.0 Å². The standard InChI is InChI=1S/C15H21NO2S/c1-18-15(17)10-12-4-2-3-5-13(12)11-16-14-6-8-19-9-7-14/h2-5,14,16H,6-11H2,1H3. The average molecular weight is 279 g/mol. The van der Waals surface area contributed by atoms with Gasteiger partial charge in [0.15, 0.2) is 0 Å². The van der Waals surface area contributed by atoms with Crippen LogP contribution in [0.25, 0.3) is 0 Å². The molecule has 0 unspecified atom stereocenters. The summed E-state index contributed by atoms with van der Waals surface area (Å²) in [5.74, 6) is 2.32. The number of nitrogens with one attached hydrogen (secondary N) is 1. The average Bonchev–Trinajstić information content (AvgIpc) is 2.47. The smallest absolute Gasteiger partial charge is 0.309 e. The van der Waals surface area contributed by atoms with Gasteiger partial charge in [-0.1, -0.05) is 24.3 Å². The molecule has 1 aliphatic rings. The quantitative estimate of drug-likeness (QED) is 0.840. The first-order valence-corrected chi connectivity index (χ1v) is 7.90. The number of esters is 1. The normalized spacial score (nSPS) is 16.3. The molecule has 1 aromatic rings. The van der Waals surface area contributed by atoms with E-state index in [2.05, 4.69) is 11.4 Å². The Kier molecular flexibility index (Phi) is 5.73.